The zero-order chi connectivity index (χ0) is 17.8. The van der Waals surface area contributed by atoms with Gasteiger partial charge in [0.2, 0.25) is 0 Å². The average Bonchev–Trinajstić information content (AvgIpc) is 3.19. The number of benzene rings is 1. The first-order chi connectivity index (χ1) is 11.9. The average molecular weight is 345 g/mol. The lowest BCUT2D eigenvalue weighted by molar-refractivity contribution is -0.149. The van der Waals surface area contributed by atoms with Gasteiger partial charge in [-0.3, -0.25) is 9.36 Å². The highest BCUT2D eigenvalue weighted by Crippen LogP contribution is 2.48. The van der Waals surface area contributed by atoms with Crippen LogP contribution in [0.2, 0.25) is 0 Å². The third kappa shape index (κ3) is 2.32. The van der Waals surface area contributed by atoms with E-state index in [1.807, 2.05) is 0 Å². The molecule has 1 aliphatic heterocycles. The summed E-state index contributed by atoms with van der Waals surface area (Å²) in [6.45, 7) is 0.697. The Morgan fingerprint density at radius 1 is 1.40 bits per heavy atom. The SMILES string of the molecule is Cn1c(=O)oc2cc(NC(=O)N3C[C@@H]4CCC[C@@]4(C(=O)O)C3)ccc21. The van der Waals surface area contributed by atoms with Crippen LogP contribution < -0.4 is 11.1 Å². The van der Waals surface area contributed by atoms with Crippen LogP contribution in [-0.2, 0) is 11.8 Å². The second-order valence-corrected chi connectivity index (χ2v) is 6.97. The fourth-order valence-corrected chi connectivity index (χ4v) is 4.21. The predicted molar refractivity (Wildman–Crippen MR) is 89.5 cm³/mol. The lowest BCUT2D eigenvalue weighted by Crippen LogP contribution is -2.38. The van der Waals surface area contributed by atoms with E-state index >= 15 is 0 Å². The minimum absolute atomic E-state index is 0.0189. The van der Waals surface area contributed by atoms with Crippen LogP contribution in [0.3, 0.4) is 0 Å². The number of aromatic nitrogens is 1. The van der Waals surface area contributed by atoms with Crippen molar-refractivity contribution >= 4 is 28.8 Å². The molecule has 0 bridgehead atoms. The Morgan fingerprint density at radius 2 is 2.20 bits per heavy atom. The van der Waals surface area contributed by atoms with Crippen molar-refractivity contribution in [2.75, 3.05) is 18.4 Å². The van der Waals surface area contributed by atoms with Crippen molar-refractivity contribution in [3.05, 3.63) is 28.7 Å². The molecule has 8 nitrogen and oxygen atoms in total. The van der Waals surface area contributed by atoms with Crippen LogP contribution in [0.1, 0.15) is 19.3 Å². The number of hydrogen-bond donors (Lipinski definition) is 2. The van der Waals surface area contributed by atoms with Crippen LogP contribution in [0.5, 0.6) is 0 Å². The quantitative estimate of drug-likeness (QED) is 0.864. The third-order valence-corrected chi connectivity index (χ3v) is 5.63. The number of carboxylic acid groups (broad SMARTS) is 1. The van der Waals surface area contributed by atoms with E-state index < -0.39 is 17.1 Å². The lowest BCUT2D eigenvalue weighted by atomic mass is 9.81. The number of carboxylic acids is 1. The molecule has 2 amide bonds. The monoisotopic (exact) mass is 345 g/mol. The molecule has 1 saturated heterocycles. The van der Waals surface area contributed by atoms with Crippen LogP contribution in [0.25, 0.3) is 11.1 Å². The second-order valence-electron chi connectivity index (χ2n) is 6.97. The van der Waals surface area contributed by atoms with Crippen LogP contribution in [0.15, 0.2) is 27.4 Å². The molecule has 1 aliphatic carbocycles. The van der Waals surface area contributed by atoms with Crippen molar-refractivity contribution in [3.63, 3.8) is 0 Å². The number of rotatable bonds is 2. The van der Waals surface area contributed by atoms with Crippen molar-refractivity contribution in [2.24, 2.45) is 18.4 Å². The molecule has 2 fully saturated rings. The highest BCUT2D eigenvalue weighted by Gasteiger charge is 2.55. The third-order valence-electron chi connectivity index (χ3n) is 5.63. The van der Waals surface area contributed by atoms with E-state index in [0.29, 0.717) is 29.8 Å². The van der Waals surface area contributed by atoms with Gasteiger partial charge in [0, 0.05) is 31.9 Å². The number of aliphatic carboxylic acids is 1. The van der Waals surface area contributed by atoms with Gasteiger partial charge in [-0.25, -0.2) is 9.59 Å². The van der Waals surface area contributed by atoms with Crippen molar-refractivity contribution in [3.8, 4) is 0 Å². The van der Waals surface area contributed by atoms with E-state index in [0.717, 1.165) is 12.8 Å². The molecule has 8 heteroatoms. The summed E-state index contributed by atoms with van der Waals surface area (Å²) in [7, 11) is 1.61. The number of likely N-dealkylation sites (tertiary alicyclic amines) is 1. The van der Waals surface area contributed by atoms with Crippen LogP contribution >= 0.6 is 0 Å². The summed E-state index contributed by atoms with van der Waals surface area (Å²) in [5, 5.41) is 12.4. The number of nitrogens with zero attached hydrogens (tertiary/aromatic N) is 2. The van der Waals surface area contributed by atoms with Gasteiger partial charge in [-0.2, -0.15) is 0 Å². The summed E-state index contributed by atoms with van der Waals surface area (Å²) in [6.07, 6.45) is 2.37. The Labute approximate surface area is 143 Å². The van der Waals surface area contributed by atoms with E-state index in [1.54, 1.807) is 30.1 Å². The molecule has 1 saturated carbocycles. The number of hydrogen-bond acceptors (Lipinski definition) is 4. The molecular formula is C17H19N3O5. The van der Waals surface area contributed by atoms with Gasteiger partial charge in [-0.15, -0.1) is 0 Å². The fraction of sp³-hybridized carbons (Fsp3) is 0.471. The van der Waals surface area contributed by atoms with Crippen molar-refractivity contribution in [2.45, 2.75) is 19.3 Å². The highest BCUT2D eigenvalue weighted by atomic mass is 16.4. The second kappa shape index (κ2) is 5.37. The Balaban J connectivity index is 1.53. The Hall–Kier alpha value is -2.77. The molecule has 2 N–H and O–H groups in total. The number of urea groups is 1. The normalized spacial score (nSPS) is 25.3. The standard InChI is InChI=1S/C17H19N3O5/c1-19-12-5-4-11(7-13(12)25-16(19)24)18-15(23)20-8-10-3-2-6-17(10,9-20)14(21)22/h4-5,7,10H,2-3,6,8-9H2,1H3,(H,18,23)(H,21,22)/t10-,17+/m0/s1. The molecule has 2 heterocycles. The number of amides is 2. The van der Waals surface area contributed by atoms with Gasteiger partial charge in [0.05, 0.1) is 10.9 Å². The summed E-state index contributed by atoms with van der Waals surface area (Å²) >= 11 is 0. The van der Waals surface area contributed by atoms with Crippen molar-refractivity contribution in [1.82, 2.24) is 9.47 Å². The number of nitrogens with one attached hydrogen (secondary N) is 1. The first kappa shape index (κ1) is 15.7. The van der Waals surface area contributed by atoms with Crippen molar-refractivity contribution < 1.29 is 19.1 Å². The molecule has 1 aromatic heterocycles. The Kier molecular flexibility index (Phi) is 3.38. The van der Waals surface area contributed by atoms with Gasteiger partial charge in [-0.1, -0.05) is 6.42 Å². The topological polar surface area (TPSA) is 105 Å². The Morgan fingerprint density at radius 3 is 2.92 bits per heavy atom. The lowest BCUT2D eigenvalue weighted by Gasteiger charge is -2.23. The van der Waals surface area contributed by atoms with Crippen molar-refractivity contribution in [1.29, 1.82) is 0 Å². The molecule has 1 aromatic carbocycles. The molecule has 4 rings (SSSR count). The first-order valence-corrected chi connectivity index (χ1v) is 8.30. The zero-order valence-corrected chi connectivity index (χ0v) is 13.8. The van der Waals surface area contributed by atoms with Crippen LogP contribution in [0.4, 0.5) is 10.5 Å². The minimum atomic E-state index is -0.808. The molecule has 0 unspecified atom stereocenters. The van der Waals surface area contributed by atoms with E-state index in [4.69, 9.17) is 4.42 Å². The number of carbonyl (C=O) groups excluding carboxylic acids is 1. The predicted octanol–water partition coefficient (Wildman–Crippen LogP) is 1.85. The van der Waals surface area contributed by atoms with Gasteiger partial charge in [0.1, 0.15) is 0 Å². The zero-order valence-electron chi connectivity index (χ0n) is 13.8. The van der Waals surface area contributed by atoms with E-state index in [1.165, 1.54) is 4.57 Å². The number of fused-ring (bicyclic) bond motifs is 2. The summed E-state index contributed by atoms with van der Waals surface area (Å²) in [6, 6.07) is 4.66. The van der Waals surface area contributed by atoms with Crippen LogP contribution in [0, 0.1) is 11.3 Å². The molecule has 2 aliphatic rings. The molecule has 0 radical (unpaired) electrons. The molecular weight excluding hydrogens is 326 g/mol. The fourth-order valence-electron chi connectivity index (χ4n) is 4.21. The number of oxazole rings is 1. The van der Waals surface area contributed by atoms with Gasteiger partial charge >= 0.3 is 17.8 Å². The summed E-state index contributed by atoms with van der Waals surface area (Å²) in [5.41, 5.74) is 0.746. The molecule has 132 valence electrons. The van der Waals surface area contributed by atoms with Gasteiger partial charge < -0.3 is 19.7 Å². The minimum Gasteiger partial charge on any atom is -0.481 e. The molecule has 25 heavy (non-hydrogen) atoms. The van der Waals surface area contributed by atoms with Gasteiger partial charge in [-0.05, 0) is 30.9 Å². The highest BCUT2D eigenvalue weighted by molar-refractivity contribution is 5.92. The van der Waals surface area contributed by atoms with Crippen LogP contribution in [-0.4, -0.2) is 39.7 Å². The summed E-state index contributed by atoms with van der Waals surface area (Å²) < 4.78 is 6.51. The number of carbonyl (C=O) groups is 2. The van der Waals surface area contributed by atoms with E-state index in [2.05, 4.69) is 5.32 Å². The largest absolute Gasteiger partial charge is 0.481 e. The summed E-state index contributed by atoms with van der Waals surface area (Å²) in [4.78, 5) is 37.4. The number of anilines is 1. The maximum atomic E-state index is 12.5. The number of aryl methyl sites for hydroxylation is 1. The Bertz CT molecular complexity index is 930. The maximum absolute atomic E-state index is 12.5. The van der Waals surface area contributed by atoms with Gasteiger partial charge in [0.25, 0.3) is 0 Å². The first-order valence-electron chi connectivity index (χ1n) is 8.30. The van der Waals surface area contributed by atoms with E-state index in [9.17, 15) is 19.5 Å². The maximum Gasteiger partial charge on any atom is 0.419 e. The molecule has 2 aromatic rings. The molecule has 0 spiro atoms. The van der Waals surface area contributed by atoms with E-state index in [-0.39, 0.29) is 18.5 Å². The molecule has 2 atom stereocenters. The smallest absolute Gasteiger partial charge is 0.419 e. The summed E-state index contributed by atoms with van der Waals surface area (Å²) in [5.74, 6) is -1.25. The van der Waals surface area contributed by atoms with Gasteiger partial charge in [0.15, 0.2) is 5.58 Å².